The van der Waals surface area contributed by atoms with E-state index in [0.717, 1.165) is 29.9 Å². The Morgan fingerprint density at radius 1 is 1.38 bits per heavy atom. The van der Waals surface area contributed by atoms with Crippen LogP contribution in [0.5, 0.6) is 0 Å². The number of aliphatic hydroxyl groups is 1. The number of rotatable bonds is 3. The van der Waals surface area contributed by atoms with Crippen LogP contribution in [0.2, 0.25) is 0 Å². The first-order chi connectivity index (χ1) is 11.7. The fourth-order valence-corrected chi connectivity index (χ4v) is 3.35. The van der Waals surface area contributed by atoms with E-state index in [1.807, 2.05) is 45.4 Å². The van der Waals surface area contributed by atoms with E-state index in [2.05, 4.69) is 10.1 Å². The predicted octanol–water partition coefficient (Wildman–Crippen LogP) is 1.24. The zero-order valence-corrected chi connectivity index (χ0v) is 13.5. The van der Waals surface area contributed by atoms with Gasteiger partial charge in [0.2, 0.25) is 0 Å². The Labute approximate surface area is 139 Å². The number of hydrogen-bond donors (Lipinski definition) is 1. The van der Waals surface area contributed by atoms with E-state index < -0.39 is 0 Å². The summed E-state index contributed by atoms with van der Waals surface area (Å²) in [5.74, 6) is -0.00983. The fraction of sp³-hybridized carbons (Fsp3) is 0.353. The second-order valence-electron chi connectivity index (χ2n) is 5.93. The Hall–Kier alpha value is -2.67. The highest BCUT2D eigenvalue weighted by molar-refractivity contribution is 5.94. The van der Waals surface area contributed by atoms with Crippen LogP contribution in [-0.4, -0.2) is 41.6 Å². The standard InChI is InChI=1S/C17H19N5O2/c1-2-22-15-5-7-21(10-13(15)14(11-23)19-22)17(24)12-3-4-16-18-6-8-20(16)9-12/h3-4,6,8-9,23H,2,5,7,10-11H2,1H3. The lowest BCUT2D eigenvalue weighted by atomic mass is 10.0. The third-order valence-electron chi connectivity index (χ3n) is 4.59. The molecular formula is C17H19N5O2. The minimum atomic E-state index is -0.0988. The van der Waals surface area contributed by atoms with Crippen molar-refractivity contribution >= 4 is 11.6 Å². The Bertz CT molecular complexity index is 911. The van der Waals surface area contributed by atoms with Gasteiger partial charge in [-0.25, -0.2) is 4.98 Å². The Kier molecular flexibility index (Phi) is 3.57. The molecule has 1 amide bonds. The van der Waals surface area contributed by atoms with E-state index in [1.165, 1.54) is 0 Å². The smallest absolute Gasteiger partial charge is 0.255 e. The number of nitrogens with zero attached hydrogens (tertiary/aromatic N) is 5. The molecule has 0 radical (unpaired) electrons. The molecule has 7 heteroatoms. The predicted molar refractivity (Wildman–Crippen MR) is 87.5 cm³/mol. The van der Waals surface area contributed by atoms with Gasteiger partial charge < -0.3 is 14.4 Å². The fourth-order valence-electron chi connectivity index (χ4n) is 3.35. The van der Waals surface area contributed by atoms with E-state index in [1.54, 1.807) is 6.20 Å². The van der Waals surface area contributed by atoms with Crippen molar-refractivity contribution in [3.05, 3.63) is 53.2 Å². The van der Waals surface area contributed by atoms with Crippen LogP contribution in [0.4, 0.5) is 0 Å². The van der Waals surface area contributed by atoms with Crippen molar-refractivity contribution < 1.29 is 9.90 Å². The Morgan fingerprint density at radius 3 is 3.04 bits per heavy atom. The van der Waals surface area contributed by atoms with Gasteiger partial charge in [-0.2, -0.15) is 5.10 Å². The average Bonchev–Trinajstić information content (AvgIpc) is 3.23. The summed E-state index contributed by atoms with van der Waals surface area (Å²) in [4.78, 5) is 18.9. The molecule has 0 saturated carbocycles. The van der Waals surface area contributed by atoms with Crippen molar-refractivity contribution in [1.82, 2.24) is 24.1 Å². The number of hydrogen-bond acceptors (Lipinski definition) is 4. The van der Waals surface area contributed by atoms with E-state index in [9.17, 15) is 9.90 Å². The third-order valence-corrected chi connectivity index (χ3v) is 4.59. The molecule has 0 aromatic carbocycles. The molecule has 0 bridgehead atoms. The van der Waals surface area contributed by atoms with Crippen LogP contribution in [0.25, 0.3) is 5.65 Å². The lowest BCUT2D eigenvalue weighted by molar-refractivity contribution is 0.0731. The van der Waals surface area contributed by atoms with Crippen molar-refractivity contribution in [2.75, 3.05) is 6.54 Å². The number of carbonyl (C=O) groups excluding carboxylic acids is 1. The molecule has 4 heterocycles. The summed E-state index contributed by atoms with van der Waals surface area (Å²) in [6.07, 6.45) is 6.11. The van der Waals surface area contributed by atoms with Crippen molar-refractivity contribution in [2.45, 2.75) is 33.0 Å². The molecule has 0 atom stereocenters. The number of aromatic nitrogens is 4. The van der Waals surface area contributed by atoms with Gasteiger partial charge in [0, 0.05) is 55.9 Å². The lowest BCUT2D eigenvalue weighted by Gasteiger charge is -2.28. The minimum absolute atomic E-state index is 0.00983. The minimum Gasteiger partial charge on any atom is -0.390 e. The highest BCUT2D eigenvalue weighted by Crippen LogP contribution is 2.24. The molecule has 124 valence electrons. The molecule has 4 rings (SSSR count). The normalized spacial score (nSPS) is 14.2. The Balaban J connectivity index is 1.63. The van der Waals surface area contributed by atoms with Gasteiger partial charge >= 0.3 is 0 Å². The van der Waals surface area contributed by atoms with Gasteiger partial charge in [-0.05, 0) is 19.1 Å². The number of imidazole rings is 1. The summed E-state index contributed by atoms with van der Waals surface area (Å²) in [6.45, 7) is 3.86. The van der Waals surface area contributed by atoms with Crippen LogP contribution in [-0.2, 0) is 26.1 Å². The maximum atomic E-state index is 12.9. The molecule has 1 aliphatic heterocycles. The van der Waals surface area contributed by atoms with Crippen molar-refractivity contribution in [3.8, 4) is 0 Å². The largest absolute Gasteiger partial charge is 0.390 e. The lowest BCUT2D eigenvalue weighted by Crippen LogP contribution is -2.36. The second-order valence-corrected chi connectivity index (χ2v) is 5.93. The summed E-state index contributed by atoms with van der Waals surface area (Å²) in [7, 11) is 0. The molecule has 0 saturated heterocycles. The summed E-state index contributed by atoms with van der Waals surface area (Å²) in [5.41, 5.74) is 4.25. The number of carbonyl (C=O) groups is 1. The van der Waals surface area contributed by atoms with Crippen LogP contribution in [0, 0.1) is 0 Å². The molecule has 24 heavy (non-hydrogen) atoms. The zero-order valence-electron chi connectivity index (χ0n) is 13.5. The van der Waals surface area contributed by atoms with Gasteiger partial charge in [-0.15, -0.1) is 0 Å². The monoisotopic (exact) mass is 325 g/mol. The molecule has 3 aromatic rings. The van der Waals surface area contributed by atoms with Crippen molar-refractivity contribution in [1.29, 1.82) is 0 Å². The highest BCUT2D eigenvalue weighted by Gasteiger charge is 2.27. The molecule has 3 aromatic heterocycles. The van der Waals surface area contributed by atoms with E-state index in [4.69, 9.17) is 0 Å². The molecule has 0 aliphatic carbocycles. The number of aryl methyl sites for hydroxylation is 1. The first-order valence-corrected chi connectivity index (χ1v) is 8.11. The van der Waals surface area contributed by atoms with E-state index >= 15 is 0 Å². The van der Waals surface area contributed by atoms with Crippen LogP contribution in [0.1, 0.15) is 34.2 Å². The molecule has 0 spiro atoms. The first kappa shape index (κ1) is 14.9. The number of pyridine rings is 1. The average molecular weight is 325 g/mol. The summed E-state index contributed by atoms with van der Waals surface area (Å²) in [5, 5.41) is 14.0. The van der Waals surface area contributed by atoms with Crippen molar-refractivity contribution in [3.63, 3.8) is 0 Å². The quantitative estimate of drug-likeness (QED) is 0.786. The van der Waals surface area contributed by atoms with Crippen LogP contribution >= 0.6 is 0 Å². The second kappa shape index (κ2) is 5.76. The molecule has 0 unspecified atom stereocenters. The SMILES string of the molecule is CCn1nc(CO)c2c1CCN(C(=O)c1ccc3nccn3c1)C2. The molecule has 7 nitrogen and oxygen atoms in total. The van der Waals surface area contributed by atoms with Crippen molar-refractivity contribution in [2.24, 2.45) is 0 Å². The first-order valence-electron chi connectivity index (χ1n) is 8.11. The summed E-state index contributed by atoms with van der Waals surface area (Å²) < 4.78 is 3.77. The molecule has 0 fully saturated rings. The topological polar surface area (TPSA) is 75.7 Å². The maximum absolute atomic E-state index is 12.9. The van der Waals surface area contributed by atoms with Gasteiger partial charge in [-0.3, -0.25) is 9.48 Å². The highest BCUT2D eigenvalue weighted by atomic mass is 16.3. The van der Waals surface area contributed by atoms with E-state index in [0.29, 0.717) is 24.3 Å². The van der Waals surface area contributed by atoms with Gasteiger partial charge in [0.15, 0.2) is 0 Å². The maximum Gasteiger partial charge on any atom is 0.255 e. The summed E-state index contributed by atoms with van der Waals surface area (Å²) in [6, 6.07) is 3.65. The van der Waals surface area contributed by atoms with Crippen LogP contribution < -0.4 is 0 Å². The van der Waals surface area contributed by atoms with Gasteiger partial charge in [0.25, 0.3) is 5.91 Å². The number of fused-ring (bicyclic) bond motifs is 2. The van der Waals surface area contributed by atoms with Crippen LogP contribution in [0.3, 0.4) is 0 Å². The van der Waals surface area contributed by atoms with Gasteiger partial charge in [-0.1, -0.05) is 0 Å². The summed E-state index contributed by atoms with van der Waals surface area (Å²) >= 11 is 0. The zero-order chi connectivity index (χ0) is 16.7. The number of amides is 1. The van der Waals surface area contributed by atoms with E-state index in [-0.39, 0.29) is 12.5 Å². The van der Waals surface area contributed by atoms with Gasteiger partial charge in [0.05, 0.1) is 17.9 Å². The van der Waals surface area contributed by atoms with Gasteiger partial charge in [0.1, 0.15) is 5.65 Å². The van der Waals surface area contributed by atoms with Crippen LogP contribution in [0.15, 0.2) is 30.7 Å². The third kappa shape index (κ3) is 2.28. The number of aliphatic hydroxyl groups excluding tert-OH is 1. The molecule has 1 aliphatic rings. The molecular weight excluding hydrogens is 306 g/mol. The Morgan fingerprint density at radius 2 is 2.25 bits per heavy atom. The molecule has 1 N–H and O–H groups in total.